The zero-order chi connectivity index (χ0) is 8.10. The minimum Gasteiger partial charge on any atom is -0.480 e. The SMILES string of the molecule is CSC(C)Oc1ccccc1. The Labute approximate surface area is 71.8 Å². The van der Waals surface area contributed by atoms with Gasteiger partial charge in [0.05, 0.1) is 0 Å². The van der Waals surface area contributed by atoms with Crippen LogP contribution in [0.2, 0.25) is 0 Å². The number of thioether (sulfide) groups is 1. The largest absolute Gasteiger partial charge is 0.480 e. The molecule has 0 aliphatic rings. The van der Waals surface area contributed by atoms with E-state index in [0.717, 1.165) is 5.75 Å². The van der Waals surface area contributed by atoms with Crippen molar-refractivity contribution in [2.24, 2.45) is 0 Å². The lowest BCUT2D eigenvalue weighted by molar-refractivity contribution is 0.308. The smallest absolute Gasteiger partial charge is 0.141 e. The van der Waals surface area contributed by atoms with Gasteiger partial charge in [0.15, 0.2) is 0 Å². The average Bonchev–Trinajstić information content (AvgIpc) is 2.06. The van der Waals surface area contributed by atoms with Gasteiger partial charge in [-0.3, -0.25) is 0 Å². The Morgan fingerprint density at radius 2 is 1.91 bits per heavy atom. The fourth-order valence-corrected chi connectivity index (χ4v) is 0.946. The van der Waals surface area contributed by atoms with Crippen molar-refractivity contribution in [1.29, 1.82) is 0 Å². The fraction of sp³-hybridized carbons (Fsp3) is 0.333. The lowest BCUT2D eigenvalue weighted by Crippen LogP contribution is -2.05. The van der Waals surface area contributed by atoms with Gasteiger partial charge >= 0.3 is 0 Å². The van der Waals surface area contributed by atoms with E-state index in [1.807, 2.05) is 43.5 Å². The van der Waals surface area contributed by atoms with E-state index in [2.05, 4.69) is 0 Å². The van der Waals surface area contributed by atoms with Crippen LogP contribution in [0, 0.1) is 0 Å². The summed E-state index contributed by atoms with van der Waals surface area (Å²) in [6.45, 7) is 2.04. The van der Waals surface area contributed by atoms with Gasteiger partial charge in [-0.2, -0.15) is 0 Å². The highest BCUT2D eigenvalue weighted by Crippen LogP contribution is 2.15. The van der Waals surface area contributed by atoms with Gasteiger partial charge in [0.2, 0.25) is 0 Å². The highest BCUT2D eigenvalue weighted by molar-refractivity contribution is 7.99. The molecule has 60 valence electrons. The van der Waals surface area contributed by atoms with E-state index in [1.54, 1.807) is 11.8 Å². The van der Waals surface area contributed by atoms with Crippen LogP contribution in [-0.4, -0.2) is 11.7 Å². The molecular formula is C9H12OS. The summed E-state index contributed by atoms with van der Waals surface area (Å²) in [7, 11) is 0. The lowest BCUT2D eigenvalue weighted by Gasteiger charge is -2.10. The molecule has 1 unspecified atom stereocenters. The molecule has 0 bridgehead atoms. The van der Waals surface area contributed by atoms with Gasteiger partial charge in [0, 0.05) is 0 Å². The van der Waals surface area contributed by atoms with E-state index in [4.69, 9.17) is 4.74 Å². The van der Waals surface area contributed by atoms with Crippen LogP contribution in [0.3, 0.4) is 0 Å². The molecule has 0 radical (unpaired) electrons. The van der Waals surface area contributed by atoms with Gasteiger partial charge in [-0.1, -0.05) is 18.2 Å². The molecule has 1 aromatic carbocycles. The third kappa shape index (κ3) is 2.85. The van der Waals surface area contributed by atoms with E-state index >= 15 is 0 Å². The molecule has 0 amide bonds. The third-order valence-corrected chi connectivity index (χ3v) is 2.14. The van der Waals surface area contributed by atoms with Crippen molar-refractivity contribution in [2.75, 3.05) is 6.26 Å². The second-order valence-corrected chi connectivity index (χ2v) is 3.37. The predicted molar refractivity (Wildman–Crippen MR) is 50.0 cm³/mol. The topological polar surface area (TPSA) is 9.23 Å². The molecule has 1 nitrogen and oxygen atoms in total. The molecule has 0 spiro atoms. The first kappa shape index (κ1) is 8.47. The average molecular weight is 168 g/mol. The Bertz CT molecular complexity index is 198. The molecular weight excluding hydrogens is 156 g/mol. The van der Waals surface area contributed by atoms with Crippen LogP contribution in [0.4, 0.5) is 0 Å². The highest BCUT2D eigenvalue weighted by atomic mass is 32.2. The zero-order valence-corrected chi connectivity index (χ0v) is 7.60. The number of hydrogen-bond donors (Lipinski definition) is 0. The van der Waals surface area contributed by atoms with E-state index in [0.29, 0.717) is 0 Å². The summed E-state index contributed by atoms with van der Waals surface area (Å²) in [6.07, 6.45) is 2.04. The first-order chi connectivity index (χ1) is 5.33. The Morgan fingerprint density at radius 1 is 1.27 bits per heavy atom. The molecule has 0 fully saturated rings. The van der Waals surface area contributed by atoms with Crippen LogP contribution >= 0.6 is 11.8 Å². The van der Waals surface area contributed by atoms with E-state index in [9.17, 15) is 0 Å². The molecule has 0 heterocycles. The summed E-state index contributed by atoms with van der Waals surface area (Å²) in [5.74, 6) is 0.939. The number of ether oxygens (including phenoxy) is 1. The predicted octanol–water partition coefficient (Wildman–Crippen LogP) is 2.77. The Morgan fingerprint density at radius 3 is 2.45 bits per heavy atom. The van der Waals surface area contributed by atoms with Crippen molar-refractivity contribution in [1.82, 2.24) is 0 Å². The van der Waals surface area contributed by atoms with Crippen LogP contribution in [0.15, 0.2) is 30.3 Å². The number of rotatable bonds is 3. The van der Waals surface area contributed by atoms with Gasteiger partial charge in [-0.25, -0.2) is 0 Å². The normalized spacial score (nSPS) is 12.5. The highest BCUT2D eigenvalue weighted by Gasteiger charge is 1.98. The number of para-hydroxylation sites is 1. The molecule has 0 aliphatic carbocycles. The van der Waals surface area contributed by atoms with Crippen molar-refractivity contribution >= 4 is 11.8 Å². The van der Waals surface area contributed by atoms with Crippen molar-refractivity contribution in [3.05, 3.63) is 30.3 Å². The van der Waals surface area contributed by atoms with Crippen molar-refractivity contribution < 1.29 is 4.74 Å². The van der Waals surface area contributed by atoms with Crippen LogP contribution < -0.4 is 4.74 Å². The molecule has 0 saturated carbocycles. The van der Waals surface area contributed by atoms with E-state index in [-0.39, 0.29) is 5.44 Å². The van der Waals surface area contributed by atoms with Crippen LogP contribution in [-0.2, 0) is 0 Å². The van der Waals surface area contributed by atoms with E-state index < -0.39 is 0 Å². The fourth-order valence-electron chi connectivity index (χ4n) is 0.739. The van der Waals surface area contributed by atoms with Crippen LogP contribution in [0.5, 0.6) is 5.75 Å². The van der Waals surface area contributed by atoms with Gasteiger partial charge < -0.3 is 4.74 Å². The number of benzene rings is 1. The van der Waals surface area contributed by atoms with Gasteiger partial charge in [-0.15, -0.1) is 11.8 Å². The summed E-state index contributed by atoms with van der Waals surface area (Å²) >= 11 is 1.70. The summed E-state index contributed by atoms with van der Waals surface area (Å²) < 4.78 is 5.53. The molecule has 0 N–H and O–H groups in total. The summed E-state index contributed by atoms with van der Waals surface area (Å²) in [5.41, 5.74) is 0.234. The quantitative estimate of drug-likeness (QED) is 0.642. The molecule has 1 atom stereocenters. The van der Waals surface area contributed by atoms with Crippen molar-refractivity contribution in [3.63, 3.8) is 0 Å². The van der Waals surface area contributed by atoms with Crippen molar-refractivity contribution in [3.8, 4) is 5.75 Å². The first-order valence-electron chi connectivity index (χ1n) is 3.57. The second-order valence-electron chi connectivity index (χ2n) is 2.23. The Balaban J connectivity index is 2.51. The summed E-state index contributed by atoms with van der Waals surface area (Å²) in [6, 6.07) is 9.86. The van der Waals surface area contributed by atoms with Crippen LogP contribution in [0.1, 0.15) is 6.92 Å². The molecule has 1 rings (SSSR count). The summed E-state index contributed by atoms with van der Waals surface area (Å²) in [4.78, 5) is 0. The zero-order valence-electron chi connectivity index (χ0n) is 6.78. The summed E-state index contributed by atoms with van der Waals surface area (Å²) in [5, 5.41) is 0. The van der Waals surface area contributed by atoms with E-state index in [1.165, 1.54) is 0 Å². The molecule has 1 aromatic rings. The maximum atomic E-state index is 5.53. The van der Waals surface area contributed by atoms with Gasteiger partial charge in [-0.05, 0) is 25.3 Å². The maximum absolute atomic E-state index is 5.53. The van der Waals surface area contributed by atoms with Gasteiger partial charge in [0.25, 0.3) is 0 Å². The first-order valence-corrected chi connectivity index (χ1v) is 4.86. The molecule has 2 heteroatoms. The minimum absolute atomic E-state index is 0.234. The standard InChI is InChI=1S/C9H12OS/c1-8(11-2)10-9-6-4-3-5-7-9/h3-8H,1-2H3. The maximum Gasteiger partial charge on any atom is 0.141 e. The van der Waals surface area contributed by atoms with Gasteiger partial charge in [0.1, 0.15) is 11.2 Å². The molecule has 0 aromatic heterocycles. The van der Waals surface area contributed by atoms with Crippen LogP contribution in [0.25, 0.3) is 0 Å². The Hall–Kier alpha value is -0.630. The van der Waals surface area contributed by atoms with Crippen molar-refractivity contribution in [2.45, 2.75) is 12.4 Å². The molecule has 0 aliphatic heterocycles. The Kier molecular flexibility index (Phi) is 3.30. The monoisotopic (exact) mass is 168 g/mol. The minimum atomic E-state index is 0.234. The molecule has 0 saturated heterocycles. The number of hydrogen-bond acceptors (Lipinski definition) is 2. The third-order valence-electron chi connectivity index (χ3n) is 1.38. The lowest BCUT2D eigenvalue weighted by atomic mass is 10.3. The second kappa shape index (κ2) is 4.29. The molecule has 11 heavy (non-hydrogen) atoms.